The van der Waals surface area contributed by atoms with Gasteiger partial charge in [0.05, 0.1) is 7.11 Å². The van der Waals surface area contributed by atoms with Crippen LogP contribution >= 0.6 is 0 Å². The first-order valence-corrected chi connectivity index (χ1v) is 8.13. The highest BCUT2D eigenvalue weighted by Crippen LogP contribution is 2.27. The number of methoxy groups -OCH3 is 1. The fraction of sp³-hybridized carbons (Fsp3) is 0.938. The molecule has 4 heteroatoms. The first kappa shape index (κ1) is 17.4. The van der Waals surface area contributed by atoms with E-state index in [9.17, 15) is 4.79 Å². The molecule has 0 spiro atoms. The van der Waals surface area contributed by atoms with Crippen LogP contribution in [0.4, 0.5) is 0 Å². The van der Waals surface area contributed by atoms with Crippen LogP contribution in [-0.4, -0.2) is 49.7 Å². The van der Waals surface area contributed by atoms with Crippen LogP contribution in [0.15, 0.2) is 0 Å². The van der Waals surface area contributed by atoms with Crippen molar-refractivity contribution in [3.8, 4) is 0 Å². The standard InChI is InChI=1S/C16H32N2O2/c1-5-10-17-15(16(19)20-4)9-12-18(14-6-7-14)11-8-13(2)3/h13-15,17H,5-12H2,1-4H3. The highest BCUT2D eigenvalue weighted by atomic mass is 16.5. The van der Waals surface area contributed by atoms with Gasteiger partial charge < -0.3 is 15.0 Å². The number of ether oxygens (including phenoxy) is 1. The minimum atomic E-state index is -0.153. The van der Waals surface area contributed by atoms with Gasteiger partial charge in [-0.05, 0) is 51.1 Å². The number of carbonyl (C=O) groups excluding carboxylic acids is 1. The van der Waals surface area contributed by atoms with Crippen molar-refractivity contribution in [2.75, 3.05) is 26.7 Å². The molecule has 1 aliphatic carbocycles. The number of nitrogens with zero attached hydrogens (tertiary/aromatic N) is 1. The number of hydrogen-bond acceptors (Lipinski definition) is 4. The van der Waals surface area contributed by atoms with E-state index in [2.05, 4.69) is 31.0 Å². The van der Waals surface area contributed by atoms with Crippen molar-refractivity contribution in [2.45, 2.75) is 65.0 Å². The number of hydrogen-bond donors (Lipinski definition) is 1. The maximum Gasteiger partial charge on any atom is 0.322 e. The smallest absolute Gasteiger partial charge is 0.322 e. The second-order valence-electron chi connectivity index (χ2n) is 6.27. The molecule has 0 aromatic rings. The Hall–Kier alpha value is -0.610. The molecule has 0 saturated heterocycles. The van der Waals surface area contributed by atoms with Gasteiger partial charge in [-0.1, -0.05) is 20.8 Å². The molecule has 0 bridgehead atoms. The first-order valence-electron chi connectivity index (χ1n) is 8.13. The van der Waals surface area contributed by atoms with E-state index < -0.39 is 0 Å². The van der Waals surface area contributed by atoms with E-state index in [1.807, 2.05) is 0 Å². The monoisotopic (exact) mass is 284 g/mol. The lowest BCUT2D eigenvalue weighted by atomic mass is 10.1. The van der Waals surface area contributed by atoms with Crippen LogP contribution in [-0.2, 0) is 9.53 Å². The molecule has 1 N–H and O–H groups in total. The molecule has 1 fully saturated rings. The summed E-state index contributed by atoms with van der Waals surface area (Å²) in [5.74, 6) is 0.615. The predicted molar refractivity (Wildman–Crippen MR) is 82.8 cm³/mol. The maximum absolute atomic E-state index is 11.8. The average Bonchev–Trinajstić information content (AvgIpc) is 3.25. The van der Waals surface area contributed by atoms with Crippen LogP contribution < -0.4 is 5.32 Å². The quantitative estimate of drug-likeness (QED) is 0.592. The van der Waals surface area contributed by atoms with E-state index >= 15 is 0 Å². The van der Waals surface area contributed by atoms with Crippen molar-refractivity contribution < 1.29 is 9.53 Å². The Kier molecular flexibility index (Phi) is 8.15. The Balaban J connectivity index is 2.39. The van der Waals surface area contributed by atoms with Gasteiger partial charge in [-0.15, -0.1) is 0 Å². The SMILES string of the molecule is CCCNC(CCN(CCC(C)C)C1CC1)C(=O)OC. The molecule has 1 rings (SSSR count). The molecule has 118 valence electrons. The maximum atomic E-state index is 11.8. The van der Waals surface area contributed by atoms with E-state index in [1.165, 1.54) is 26.4 Å². The molecule has 1 saturated carbocycles. The summed E-state index contributed by atoms with van der Waals surface area (Å²) in [6.07, 6.45) is 5.77. The van der Waals surface area contributed by atoms with Gasteiger partial charge in [0.15, 0.2) is 0 Å². The third kappa shape index (κ3) is 6.71. The van der Waals surface area contributed by atoms with Crippen molar-refractivity contribution in [3.63, 3.8) is 0 Å². The molecular weight excluding hydrogens is 252 g/mol. The summed E-state index contributed by atoms with van der Waals surface area (Å²) in [6.45, 7) is 9.67. The Morgan fingerprint density at radius 1 is 1.30 bits per heavy atom. The van der Waals surface area contributed by atoms with Crippen molar-refractivity contribution in [2.24, 2.45) is 5.92 Å². The Morgan fingerprint density at radius 3 is 2.45 bits per heavy atom. The molecule has 1 aliphatic rings. The molecule has 1 atom stereocenters. The molecule has 0 amide bonds. The van der Waals surface area contributed by atoms with Crippen LogP contribution in [0.3, 0.4) is 0 Å². The van der Waals surface area contributed by atoms with Crippen LogP contribution in [0, 0.1) is 5.92 Å². The summed E-state index contributed by atoms with van der Waals surface area (Å²) >= 11 is 0. The largest absolute Gasteiger partial charge is 0.468 e. The molecular formula is C16H32N2O2. The lowest BCUT2D eigenvalue weighted by molar-refractivity contribution is -0.143. The third-order valence-corrected chi connectivity index (χ3v) is 3.89. The fourth-order valence-corrected chi connectivity index (χ4v) is 2.40. The van der Waals surface area contributed by atoms with E-state index in [4.69, 9.17) is 4.74 Å². The average molecular weight is 284 g/mol. The van der Waals surface area contributed by atoms with Crippen LogP contribution in [0.5, 0.6) is 0 Å². The van der Waals surface area contributed by atoms with Crippen molar-refractivity contribution in [3.05, 3.63) is 0 Å². The summed E-state index contributed by atoms with van der Waals surface area (Å²) in [7, 11) is 1.47. The Bertz CT molecular complexity index is 278. The summed E-state index contributed by atoms with van der Waals surface area (Å²) in [6, 6.07) is 0.610. The van der Waals surface area contributed by atoms with E-state index in [-0.39, 0.29) is 12.0 Å². The van der Waals surface area contributed by atoms with E-state index in [0.717, 1.165) is 44.4 Å². The van der Waals surface area contributed by atoms with Crippen LogP contribution in [0.25, 0.3) is 0 Å². The second-order valence-corrected chi connectivity index (χ2v) is 6.27. The summed E-state index contributed by atoms with van der Waals surface area (Å²) in [5.41, 5.74) is 0. The van der Waals surface area contributed by atoms with Gasteiger partial charge in [0, 0.05) is 12.6 Å². The molecule has 0 aromatic heterocycles. The second kappa shape index (κ2) is 9.35. The lowest BCUT2D eigenvalue weighted by Gasteiger charge is -2.25. The van der Waals surface area contributed by atoms with Crippen molar-refractivity contribution in [1.82, 2.24) is 10.2 Å². The van der Waals surface area contributed by atoms with Gasteiger partial charge in [-0.3, -0.25) is 4.79 Å². The van der Waals surface area contributed by atoms with Gasteiger partial charge >= 0.3 is 5.97 Å². The highest BCUT2D eigenvalue weighted by Gasteiger charge is 2.29. The minimum Gasteiger partial charge on any atom is -0.468 e. The number of nitrogens with one attached hydrogen (secondary N) is 1. The molecule has 0 aliphatic heterocycles. The molecule has 0 heterocycles. The third-order valence-electron chi connectivity index (χ3n) is 3.89. The predicted octanol–water partition coefficient (Wildman–Crippen LogP) is 2.43. The van der Waals surface area contributed by atoms with E-state index in [0.29, 0.717) is 0 Å². The zero-order valence-corrected chi connectivity index (χ0v) is 13.7. The molecule has 20 heavy (non-hydrogen) atoms. The lowest BCUT2D eigenvalue weighted by Crippen LogP contribution is -2.41. The van der Waals surface area contributed by atoms with Crippen molar-refractivity contribution in [1.29, 1.82) is 0 Å². The normalized spacial score (nSPS) is 16.7. The zero-order chi connectivity index (χ0) is 15.0. The Labute approximate surface area is 124 Å². The highest BCUT2D eigenvalue weighted by molar-refractivity contribution is 5.75. The number of rotatable bonds is 11. The Morgan fingerprint density at radius 2 is 1.95 bits per heavy atom. The van der Waals surface area contributed by atoms with Gasteiger partial charge in [-0.2, -0.15) is 0 Å². The summed E-state index contributed by atoms with van der Waals surface area (Å²) in [4.78, 5) is 14.3. The molecule has 1 unspecified atom stereocenters. The van der Waals surface area contributed by atoms with Gasteiger partial charge in [0.25, 0.3) is 0 Å². The minimum absolute atomic E-state index is 0.127. The molecule has 0 radical (unpaired) electrons. The summed E-state index contributed by atoms with van der Waals surface area (Å²) < 4.78 is 4.90. The van der Waals surface area contributed by atoms with E-state index in [1.54, 1.807) is 0 Å². The molecule has 0 aromatic carbocycles. The molecule has 4 nitrogen and oxygen atoms in total. The van der Waals surface area contributed by atoms with Crippen molar-refractivity contribution >= 4 is 5.97 Å². The first-order chi connectivity index (χ1) is 9.58. The fourth-order valence-electron chi connectivity index (χ4n) is 2.40. The number of esters is 1. The van der Waals surface area contributed by atoms with Gasteiger partial charge in [0.2, 0.25) is 0 Å². The summed E-state index contributed by atoms with van der Waals surface area (Å²) in [5, 5.41) is 3.30. The number of carbonyl (C=O) groups is 1. The van der Waals surface area contributed by atoms with Crippen LogP contribution in [0.1, 0.15) is 52.9 Å². The zero-order valence-electron chi connectivity index (χ0n) is 13.7. The topological polar surface area (TPSA) is 41.6 Å². The van der Waals surface area contributed by atoms with Crippen LogP contribution in [0.2, 0.25) is 0 Å². The van der Waals surface area contributed by atoms with Gasteiger partial charge in [0.1, 0.15) is 6.04 Å². The van der Waals surface area contributed by atoms with Gasteiger partial charge in [-0.25, -0.2) is 0 Å².